The highest BCUT2D eigenvalue weighted by atomic mass is 32.2. The van der Waals surface area contributed by atoms with Gasteiger partial charge in [-0.3, -0.25) is 0 Å². The third-order valence-electron chi connectivity index (χ3n) is 5.08. The molecule has 8 nitrogen and oxygen atoms in total. The summed E-state index contributed by atoms with van der Waals surface area (Å²) in [6.45, 7) is 6.13. The molecule has 0 unspecified atom stereocenters. The van der Waals surface area contributed by atoms with Crippen LogP contribution in [0.25, 0.3) is 0 Å². The topological polar surface area (TPSA) is 96.0 Å². The van der Waals surface area contributed by atoms with Crippen molar-refractivity contribution in [2.75, 3.05) is 45.9 Å². The third-order valence-corrected chi connectivity index (χ3v) is 8.43. The van der Waals surface area contributed by atoms with Gasteiger partial charge >= 0.3 is 0 Å². The molecule has 10 heteroatoms. The van der Waals surface area contributed by atoms with E-state index in [1.165, 1.54) is 28.6 Å². The lowest BCUT2D eigenvalue weighted by molar-refractivity contribution is 0.114. The summed E-state index contributed by atoms with van der Waals surface area (Å²) in [5.41, 5.74) is 0. The number of hydrogen-bond acceptors (Lipinski definition) is 6. The molecule has 1 aromatic rings. The van der Waals surface area contributed by atoms with Crippen LogP contribution in [0.1, 0.15) is 19.8 Å². The molecule has 0 aromatic heterocycles. The van der Waals surface area contributed by atoms with Crippen LogP contribution >= 0.6 is 0 Å². The first-order valence-corrected chi connectivity index (χ1v) is 12.2. The highest BCUT2D eigenvalue weighted by molar-refractivity contribution is 7.89. The molecule has 0 saturated carbocycles. The molecule has 0 aliphatic carbocycles. The number of nitrogens with one attached hydrogen (secondary N) is 1. The third kappa shape index (κ3) is 4.87. The lowest BCUT2D eigenvalue weighted by Gasteiger charge is -2.33. The molecule has 2 aliphatic heterocycles. The van der Waals surface area contributed by atoms with E-state index in [-0.39, 0.29) is 22.4 Å². The van der Waals surface area contributed by atoms with E-state index >= 15 is 0 Å². The van der Waals surface area contributed by atoms with Crippen molar-refractivity contribution < 1.29 is 21.6 Å². The standard InChI is InChI=1S/C17H27N3O5S2/c1-2-19-9-11-20(12-10-19)27(23,24)17-7-5-16(6-8-17)26(21,22)18-14-15-4-3-13-25-15/h5-8,15,18H,2-4,9-14H2,1H3/t15-/m1/s1. The first-order valence-electron chi connectivity index (χ1n) is 9.27. The van der Waals surface area contributed by atoms with E-state index in [0.29, 0.717) is 32.8 Å². The van der Waals surface area contributed by atoms with Crippen molar-refractivity contribution in [3.63, 3.8) is 0 Å². The monoisotopic (exact) mass is 417 g/mol. The summed E-state index contributed by atoms with van der Waals surface area (Å²) in [4.78, 5) is 2.36. The van der Waals surface area contributed by atoms with E-state index < -0.39 is 20.0 Å². The number of hydrogen-bond donors (Lipinski definition) is 1. The molecule has 2 fully saturated rings. The van der Waals surface area contributed by atoms with Gasteiger partial charge in [-0.05, 0) is 43.7 Å². The number of piperazine rings is 1. The fraction of sp³-hybridized carbons (Fsp3) is 0.647. The molecule has 3 rings (SSSR count). The summed E-state index contributed by atoms with van der Waals surface area (Å²) < 4.78 is 59.7. The minimum Gasteiger partial charge on any atom is -0.377 e. The first-order chi connectivity index (χ1) is 12.8. The Balaban J connectivity index is 1.66. The van der Waals surface area contributed by atoms with Crippen molar-refractivity contribution in [2.45, 2.75) is 35.7 Å². The van der Waals surface area contributed by atoms with E-state index in [1.54, 1.807) is 0 Å². The van der Waals surface area contributed by atoms with Crippen LogP contribution in [0.3, 0.4) is 0 Å². The predicted molar refractivity (Wildman–Crippen MR) is 101 cm³/mol. The lowest BCUT2D eigenvalue weighted by atomic mass is 10.2. The first kappa shape index (κ1) is 20.7. The second kappa shape index (κ2) is 8.54. The second-order valence-electron chi connectivity index (χ2n) is 6.80. The van der Waals surface area contributed by atoms with Gasteiger partial charge in [0.05, 0.1) is 15.9 Å². The van der Waals surface area contributed by atoms with Crippen molar-refractivity contribution in [3.8, 4) is 0 Å². The number of nitrogens with zero attached hydrogens (tertiary/aromatic N) is 2. The summed E-state index contributed by atoms with van der Waals surface area (Å²) in [6.07, 6.45) is 1.68. The Kier molecular flexibility index (Phi) is 6.54. The van der Waals surface area contributed by atoms with Gasteiger partial charge in [-0.2, -0.15) is 4.31 Å². The quantitative estimate of drug-likeness (QED) is 0.693. The Morgan fingerprint density at radius 3 is 2.22 bits per heavy atom. The van der Waals surface area contributed by atoms with Crippen LogP contribution in [0.4, 0.5) is 0 Å². The zero-order chi connectivity index (χ0) is 19.5. The van der Waals surface area contributed by atoms with Gasteiger partial charge in [0.15, 0.2) is 0 Å². The van der Waals surface area contributed by atoms with Crippen LogP contribution in [-0.2, 0) is 24.8 Å². The maximum absolute atomic E-state index is 12.8. The average Bonchev–Trinajstić information content (AvgIpc) is 3.20. The van der Waals surface area contributed by atoms with Crippen molar-refractivity contribution in [2.24, 2.45) is 0 Å². The van der Waals surface area contributed by atoms with Crippen molar-refractivity contribution in [3.05, 3.63) is 24.3 Å². The van der Waals surface area contributed by atoms with E-state index in [1.807, 2.05) is 0 Å². The molecular weight excluding hydrogens is 390 g/mol. The van der Waals surface area contributed by atoms with Gasteiger partial charge in [0.2, 0.25) is 20.0 Å². The molecule has 27 heavy (non-hydrogen) atoms. The number of likely N-dealkylation sites (N-methyl/N-ethyl adjacent to an activating group) is 1. The molecule has 2 saturated heterocycles. The molecule has 152 valence electrons. The van der Waals surface area contributed by atoms with Crippen LogP contribution in [-0.4, -0.2) is 78.0 Å². The molecule has 1 N–H and O–H groups in total. The Hall–Kier alpha value is -1.04. The smallest absolute Gasteiger partial charge is 0.243 e. The van der Waals surface area contributed by atoms with Gasteiger partial charge in [0, 0.05) is 39.3 Å². The van der Waals surface area contributed by atoms with E-state index in [0.717, 1.165) is 19.4 Å². The van der Waals surface area contributed by atoms with Gasteiger partial charge < -0.3 is 9.64 Å². The molecule has 1 aromatic carbocycles. The minimum absolute atomic E-state index is 0.0512. The Labute approximate surface area is 161 Å². The molecule has 0 radical (unpaired) electrons. The van der Waals surface area contributed by atoms with Crippen LogP contribution < -0.4 is 4.72 Å². The SMILES string of the molecule is CCN1CCN(S(=O)(=O)c2ccc(S(=O)(=O)NC[C@H]3CCCO3)cc2)CC1. The average molecular weight is 418 g/mol. The molecule has 0 bridgehead atoms. The second-order valence-corrected chi connectivity index (χ2v) is 10.5. The molecule has 0 spiro atoms. The van der Waals surface area contributed by atoms with Crippen molar-refractivity contribution in [1.29, 1.82) is 0 Å². The van der Waals surface area contributed by atoms with Gasteiger partial charge in [-0.1, -0.05) is 6.92 Å². The highest BCUT2D eigenvalue weighted by Gasteiger charge is 2.28. The Morgan fingerprint density at radius 2 is 1.67 bits per heavy atom. The van der Waals surface area contributed by atoms with Gasteiger partial charge in [-0.25, -0.2) is 21.6 Å². The molecular formula is C17H27N3O5S2. The van der Waals surface area contributed by atoms with E-state index in [2.05, 4.69) is 16.5 Å². The summed E-state index contributed by atoms with van der Waals surface area (Å²) >= 11 is 0. The molecule has 0 amide bonds. The summed E-state index contributed by atoms with van der Waals surface area (Å²) in [7, 11) is -7.30. The number of ether oxygens (including phenoxy) is 1. The van der Waals surface area contributed by atoms with Crippen LogP contribution in [0.5, 0.6) is 0 Å². The largest absolute Gasteiger partial charge is 0.377 e. The number of benzene rings is 1. The van der Waals surface area contributed by atoms with Crippen molar-refractivity contribution >= 4 is 20.0 Å². The number of sulfonamides is 2. The molecule has 1 atom stereocenters. The van der Waals surface area contributed by atoms with Crippen molar-refractivity contribution in [1.82, 2.24) is 13.9 Å². The van der Waals surface area contributed by atoms with Gasteiger partial charge in [0.25, 0.3) is 0 Å². The normalized spacial score (nSPS) is 22.9. The Morgan fingerprint density at radius 1 is 1.04 bits per heavy atom. The van der Waals surface area contributed by atoms with E-state index in [9.17, 15) is 16.8 Å². The summed E-state index contributed by atoms with van der Waals surface area (Å²) in [5, 5.41) is 0. The fourth-order valence-electron chi connectivity index (χ4n) is 3.32. The predicted octanol–water partition coefficient (Wildman–Crippen LogP) is 0.470. The maximum atomic E-state index is 12.8. The number of rotatable bonds is 7. The fourth-order valence-corrected chi connectivity index (χ4v) is 5.81. The van der Waals surface area contributed by atoms with Gasteiger partial charge in [-0.15, -0.1) is 0 Å². The Bertz CT molecular complexity index is 826. The maximum Gasteiger partial charge on any atom is 0.243 e. The minimum atomic E-state index is -3.69. The van der Waals surface area contributed by atoms with Gasteiger partial charge in [0.1, 0.15) is 0 Å². The molecule has 2 heterocycles. The summed E-state index contributed by atoms with van der Waals surface area (Å²) in [5.74, 6) is 0. The zero-order valence-electron chi connectivity index (χ0n) is 15.5. The van der Waals surface area contributed by atoms with Crippen LogP contribution in [0, 0.1) is 0 Å². The van der Waals surface area contributed by atoms with E-state index in [4.69, 9.17) is 4.74 Å². The van der Waals surface area contributed by atoms with Crippen LogP contribution in [0.2, 0.25) is 0 Å². The van der Waals surface area contributed by atoms with Crippen LogP contribution in [0.15, 0.2) is 34.1 Å². The summed E-state index contributed by atoms with van der Waals surface area (Å²) in [6, 6.07) is 5.41. The highest BCUT2D eigenvalue weighted by Crippen LogP contribution is 2.20. The lowest BCUT2D eigenvalue weighted by Crippen LogP contribution is -2.48. The molecule has 2 aliphatic rings. The zero-order valence-corrected chi connectivity index (χ0v) is 17.1.